The SMILES string of the molecule is COCOc1cc(C)c2c(c1)=CCCC=2C. The molecule has 1 aromatic carbocycles. The number of hydrogen-bond donors (Lipinski definition) is 0. The van der Waals surface area contributed by atoms with Crippen molar-refractivity contribution in [2.24, 2.45) is 0 Å². The second-order valence-corrected chi connectivity index (χ2v) is 4.28. The molecule has 0 aromatic heterocycles. The van der Waals surface area contributed by atoms with Crippen LogP contribution in [0.25, 0.3) is 11.6 Å². The van der Waals surface area contributed by atoms with Gasteiger partial charge < -0.3 is 9.47 Å². The summed E-state index contributed by atoms with van der Waals surface area (Å²) >= 11 is 0. The molecule has 0 heterocycles. The lowest BCUT2D eigenvalue weighted by Gasteiger charge is -2.11. The lowest BCUT2D eigenvalue weighted by atomic mass is 9.97. The highest BCUT2D eigenvalue weighted by Gasteiger charge is 2.05. The number of methoxy groups -OCH3 is 1. The molecule has 1 aliphatic carbocycles. The van der Waals surface area contributed by atoms with Gasteiger partial charge >= 0.3 is 0 Å². The maximum atomic E-state index is 5.49. The molecule has 0 spiro atoms. The van der Waals surface area contributed by atoms with E-state index in [1.807, 2.05) is 0 Å². The van der Waals surface area contributed by atoms with Gasteiger partial charge in [0.1, 0.15) is 5.75 Å². The second-order valence-electron chi connectivity index (χ2n) is 4.28. The lowest BCUT2D eigenvalue weighted by Crippen LogP contribution is -2.31. The summed E-state index contributed by atoms with van der Waals surface area (Å²) in [5, 5.41) is 2.70. The largest absolute Gasteiger partial charge is 0.468 e. The van der Waals surface area contributed by atoms with Gasteiger partial charge in [0.05, 0.1) is 0 Å². The Bertz CT molecular complexity index is 500. The Labute approximate surface area is 96.2 Å². The van der Waals surface area contributed by atoms with Crippen LogP contribution in [0.5, 0.6) is 5.75 Å². The fourth-order valence-corrected chi connectivity index (χ4v) is 2.30. The Morgan fingerprint density at radius 2 is 2.06 bits per heavy atom. The molecule has 2 rings (SSSR count). The molecule has 0 atom stereocenters. The zero-order valence-electron chi connectivity index (χ0n) is 10.2. The number of rotatable bonds is 3. The Morgan fingerprint density at radius 3 is 2.81 bits per heavy atom. The van der Waals surface area contributed by atoms with Crippen LogP contribution in [-0.2, 0) is 4.74 Å². The first kappa shape index (κ1) is 11.2. The second kappa shape index (κ2) is 4.71. The molecule has 0 amide bonds. The molecule has 0 saturated carbocycles. The lowest BCUT2D eigenvalue weighted by molar-refractivity contribution is 0.0510. The number of benzene rings is 1. The maximum Gasteiger partial charge on any atom is 0.188 e. The Morgan fingerprint density at radius 1 is 1.25 bits per heavy atom. The molecule has 2 heteroatoms. The minimum Gasteiger partial charge on any atom is -0.468 e. The summed E-state index contributed by atoms with van der Waals surface area (Å²) in [6.45, 7) is 4.66. The molecule has 86 valence electrons. The molecule has 0 fully saturated rings. The average Bonchev–Trinajstić information content (AvgIpc) is 2.26. The summed E-state index contributed by atoms with van der Waals surface area (Å²) < 4.78 is 10.4. The van der Waals surface area contributed by atoms with Gasteiger partial charge in [-0.3, -0.25) is 0 Å². The van der Waals surface area contributed by atoms with Crippen LogP contribution in [0, 0.1) is 6.92 Å². The van der Waals surface area contributed by atoms with Gasteiger partial charge in [-0.05, 0) is 54.8 Å². The zero-order chi connectivity index (χ0) is 11.5. The van der Waals surface area contributed by atoms with Crippen LogP contribution in [-0.4, -0.2) is 13.9 Å². The number of hydrogen-bond acceptors (Lipinski definition) is 2. The van der Waals surface area contributed by atoms with E-state index in [1.54, 1.807) is 7.11 Å². The van der Waals surface area contributed by atoms with Gasteiger partial charge in [-0.2, -0.15) is 0 Å². The third-order valence-electron chi connectivity index (χ3n) is 2.99. The number of ether oxygens (including phenoxy) is 2. The van der Waals surface area contributed by atoms with E-state index in [-0.39, 0.29) is 0 Å². The summed E-state index contributed by atoms with van der Waals surface area (Å²) in [7, 11) is 1.63. The molecule has 0 unspecified atom stereocenters. The van der Waals surface area contributed by atoms with Crippen molar-refractivity contribution in [3.05, 3.63) is 28.1 Å². The fourth-order valence-electron chi connectivity index (χ4n) is 2.30. The normalized spacial score (nSPS) is 14.3. The van der Waals surface area contributed by atoms with Crippen LogP contribution in [0.15, 0.2) is 12.1 Å². The average molecular weight is 218 g/mol. The van der Waals surface area contributed by atoms with Gasteiger partial charge in [-0.1, -0.05) is 11.6 Å². The van der Waals surface area contributed by atoms with Crippen LogP contribution in [0.1, 0.15) is 25.3 Å². The van der Waals surface area contributed by atoms with Crippen molar-refractivity contribution in [3.8, 4) is 5.75 Å². The molecule has 16 heavy (non-hydrogen) atoms. The van der Waals surface area contributed by atoms with Crippen molar-refractivity contribution < 1.29 is 9.47 Å². The molecule has 0 N–H and O–H groups in total. The van der Waals surface area contributed by atoms with E-state index >= 15 is 0 Å². The standard InChI is InChI=1S/C14H18O2/c1-10-5-4-6-12-8-13(16-9-15-3)7-11(2)14(10)12/h6-8H,4-5,9H2,1-3H3. The van der Waals surface area contributed by atoms with E-state index in [0.29, 0.717) is 6.79 Å². The highest BCUT2D eigenvalue weighted by Crippen LogP contribution is 2.12. The molecule has 1 aromatic rings. The van der Waals surface area contributed by atoms with Gasteiger partial charge in [0.2, 0.25) is 0 Å². The van der Waals surface area contributed by atoms with Crippen LogP contribution in [0.3, 0.4) is 0 Å². The fraction of sp³-hybridized carbons (Fsp3) is 0.429. The molecular formula is C14H18O2. The summed E-state index contributed by atoms with van der Waals surface area (Å²) in [6.07, 6.45) is 4.59. The molecule has 0 bridgehead atoms. The van der Waals surface area contributed by atoms with Gasteiger partial charge in [0.15, 0.2) is 6.79 Å². The van der Waals surface area contributed by atoms with Crippen LogP contribution in [0.2, 0.25) is 0 Å². The predicted molar refractivity (Wildman–Crippen MR) is 65.7 cm³/mol. The third kappa shape index (κ3) is 2.12. The Balaban J connectivity index is 2.51. The van der Waals surface area contributed by atoms with E-state index in [4.69, 9.17) is 9.47 Å². The topological polar surface area (TPSA) is 18.5 Å². The van der Waals surface area contributed by atoms with Crippen molar-refractivity contribution in [2.45, 2.75) is 26.7 Å². The summed E-state index contributed by atoms with van der Waals surface area (Å²) in [5.74, 6) is 0.893. The highest BCUT2D eigenvalue weighted by molar-refractivity contribution is 5.52. The van der Waals surface area contributed by atoms with E-state index < -0.39 is 0 Å². The van der Waals surface area contributed by atoms with E-state index in [2.05, 4.69) is 32.1 Å². The van der Waals surface area contributed by atoms with Gasteiger partial charge in [0.25, 0.3) is 0 Å². The monoisotopic (exact) mass is 218 g/mol. The van der Waals surface area contributed by atoms with Crippen LogP contribution >= 0.6 is 0 Å². The number of aryl methyl sites for hydroxylation is 1. The molecule has 0 radical (unpaired) electrons. The van der Waals surface area contributed by atoms with E-state index in [1.165, 1.54) is 28.0 Å². The first-order chi connectivity index (χ1) is 7.72. The van der Waals surface area contributed by atoms with Crippen molar-refractivity contribution in [1.29, 1.82) is 0 Å². The predicted octanol–water partition coefficient (Wildman–Crippen LogP) is 1.72. The molecule has 1 aliphatic rings. The summed E-state index contributed by atoms with van der Waals surface area (Å²) in [5.41, 5.74) is 2.77. The Hall–Kier alpha value is -1.28. The first-order valence-electron chi connectivity index (χ1n) is 5.64. The minimum atomic E-state index is 0.306. The number of fused-ring (bicyclic) bond motifs is 1. The minimum absolute atomic E-state index is 0.306. The third-order valence-corrected chi connectivity index (χ3v) is 2.99. The molecule has 0 aliphatic heterocycles. The molecule has 2 nitrogen and oxygen atoms in total. The quantitative estimate of drug-likeness (QED) is 0.719. The highest BCUT2D eigenvalue weighted by atomic mass is 16.7. The summed E-state index contributed by atoms with van der Waals surface area (Å²) in [6, 6.07) is 4.19. The van der Waals surface area contributed by atoms with Gasteiger partial charge in [0, 0.05) is 7.11 Å². The van der Waals surface area contributed by atoms with E-state index in [9.17, 15) is 0 Å². The van der Waals surface area contributed by atoms with E-state index in [0.717, 1.165) is 12.2 Å². The van der Waals surface area contributed by atoms with Crippen LogP contribution in [0.4, 0.5) is 0 Å². The van der Waals surface area contributed by atoms with Gasteiger partial charge in [-0.15, -0.1) is 0 Å². The molecular weight excluding hydrogens is 200 g/mol. The summed E-state index contributed by atoms with van der Waals surface area (Å²) in [4.78, 5) is 0. The smallest absolute Gasteiger partial charge is 0.188 e. The van der Waals surface area contributed by atoms with Crippen molar-refractivity contribution >= 4 is 11.6 Å². The van der Waals surface area contributed by atoms with Crippen molar-refractivity contribution in [1.82, 2.24) is 0 Å². The maximum absolute atomic E-state index is 5.49. The van der Waals surface area contributed by atoms with Gasteiger partial charge in [-0.25, -0.2) is 0 Å². The van der Waals surface area contributed by atoms with Crippen molar-refractivity contribution in [2.75, 3.05) is 13.9 Å². The Kier molecular flexibility index (Phi) is 3.30. The van der Waals surface area contributed by atoms with Crippen molar-refractivity contribution in [3.63, 3.8) is 0 Å². The zero-order valence-corrected chi connectivity index (χ0v) is 10.2. The first-order valence-corrected chi connectivity index (χ1v) is 5.64. The molecule has 0 saturated heterocycles. The van der Waals surface area contributed by atoms with Crippen LogP contribution < -0.4 is 15.2 Å².